The molecule has 1 aromatic carbocycles. The average Bonchev–Trinajstić information content (AvgIpc) is 2.74. The fourth-order valence-electron chi connectivity index (χ4n) is 4.32. The van der Waals surface area contributed by atoms with E-state index in [9.17, 15) is 9.59 Å². The summed E-state index contributed by atoms with van der Waals surface area (Å²) in [6, 6.07) is 15.7. The van der Waals surface area contributed by atoms with E-state index in [4.69, 9.17) is 4.74 Å². The quantitative estimate of drug-likeness (QED) is 0.802. The molecular formula is C24H24N2O3. The molecule has 0 saturated carbocycles. The first-order valence-electron chi connectivity index (χ1n) is 9.97. The number of hydrogen-bond acceptors (Lipinski definition) is 5. The average molecular weight is 388 g/mol. The van der Waals surface area contributed by atoms with Crippen molar-refractivity contribution in [1.29, 1.82) is 0 Å². The van der Waals surface area contributed by atoms with Gasteiger partial charge >= 0.3 is 5.97 Å². The number of allylic oxidation sites excluding steroid dienone is 3. The third-order valence-electron chi connectivity index (χ3n) is 5.58. The number of rotatable bonds is 4. The van der Waals surface area contributed by atoms with Gasteiger partial charge in [-0.05, 0) is 43.9 Å². The van der Waals surface area contributed by atoms with E-state index in [1.165, 1.54) is 0 Å². The van der Waals surface area contributed by atoms with Crippen LogP contribution in [-0.2, 0) is 14.3 Å². The summed E-state index contributed by atoms with van der Waals surface area (Å²) in [5, 5.41) is 3.35. The summed E-state index contributed by atoms with van der Waals surface area (Å²) in [5.41, 5.74) is 4.56. The van der Waals surface area contributed by atoms with E-state index in [0.29, 0.717) is 23.3 Å². The van der Waals surface area contributed by atoms with Gasteiger partial charge in [0.15, 0.2) is 5.78 Å². The largest absolute Gasteiger partial charge is 0.463 e. The molecule has 1 aliphatic carbocycles. The maximum atomic E-state index is 13.3. The lowest BCUT2D eigenvalue weighted by Gasteiger charge is -2.36. The number of pyridine rings is 1. The fraction of sp³-hybridized carbons (Fsp3) is 0.292. The van der Waals surface area contributed by atoms with Crippen molar-refractivity contribution in [2.24, 2.45) is 0 Å². The Labute approximate surface area is 170 Å². The molecule has 5 nitrogen and oxygen atoms in total. The highest BCUT2D eigenvalue weighted by Crippen LogP contribution is 2.45. The highest BCUT2D eigenvalue weighted by atomic mass is 16.5. The van der Waals surface area contributed by atoms with Crippen LogP contribution < -0.4 is 5.32 Å². The summed E-state index contributed by atoms with van der Waals surface area (Å²) in [5.74, 6) is -0.734. The molecule has 2 heterocycles. The van der Waals surface area contributed by atoms with Gasteiger partial charge in [-0.3, -0.25) is 9.78 Å². The number of nitrogens with zero attached hydrogens (tertiary/aromatic N) is 1. The third-order valence-corrected chi connectivity index (χ3v) is 5.58. The number of dihydropyridines is 1. The Balaban J connectivity index is 1.79. The highest BCUT2D eigenvalue weighted by molar-refractivity contribution is 6.04. The predicted molar refractivity (Wildman–Crippen MR) is 110 cm³/mol. The van der Waals surface area contributed by atoms with Gasteiger partial charge in [0, 0.05) is 29.6 Å². The van der Waals surface area contributed by atoms with Gasteiger partial charge in [-0.15, -0.1) is 0 Å². The Hall–Kier alpha value is -3.21. The van der Waals surface area contributed by atoms with Crippen LogP contribution in [0, 0.1) is 0 Å². The van der Waals surface area contributed by atoms with Gasteiger partial charge in [0.05, 0.1) is 23.8 Å². The number of esters is 1. The topological polar surface area (TPSA) is 68.3 Å². The third kappa shape index (κ3) is 3.60. The molecular weight excluding hydrogens is 364 g/mol. The van der Waals surface area contributed by atoms with Gasteiger partial charge in [-0.1, -0.05) is 36.4 Å². The van der Waals surface area contributed by atoms with Crippen molar-refractivity contribution in [3.8, 4) is 0 Å². The van der Waals surface area contributed by atoms with Crippen LogP contribution in [0.4, 0.5) is 0 Å². The second-order valence-corrected chi connectivity index (χ2v) is 7.40. The number of carbonyl (C=O) groups is 2. The molecule has 148 valence electrons. The molecule has 2 unspecified atom stereocenters. The smallest absolute Gasteiger partial charge is 0.336 e. The molecule has 2 aromatic rings. The van der Waals surface area contributed by atoms with Gasteiger partial charge in [0.1, 0.15) is 0 Å². The molecule has 0 amide bonds. The first-order valence-corrected chi connectivity index (χ1v) is 9.97. The number of hydrogen-bond donors (Lipinski definition) is 1. The van der Waals surface area contributed by atoms with Crippen LogP contribution in [0.5, 0.6) is 0 Å². The number of nitrogens with one attached hydrogen (secondary N) is 1. The monoisotopic (exact) mass is 388 g/mol. The molecule has 1 aromatic heterocycles. The Morgan fingerprint density at radius 2 is 1.90 bits per heavy atom. The minimum atomic E-state index is -0.504. The van der Waals surface area contributed by atoms with Crippen molar-refractivity contribution in [2.45, 2.75) is 38.5 Å². The first kappa shape index (κ1) is 19.1. The van der Waals surface area contributed by atoms with Crippen LogP contribution in [0.2, 0.25) is 0 Å². The molecule has 0 spiro atoms. The lowest BCUT2D eigenvalue weighted by atomic mass is 9.73. The molecule has 29 heavy (non-hydrogen) atoms. The standard InChI is InChI=1S/C24H24N2O3/c1-3-29-24(28)21-15(2)26-19-13-17(16-9-5-4-6-10-16)14-20(27)22(19)23(21)18-11-7-8-12-25-18/h4-12,17,23,26H,3,13-14H2,1-2H3. The number of carbonyl (C=O) groups excluding carboxylic acids is 2. The highest BCUT2D eigenvalue weighted by Gasteiger charge is 2.41. The minimum Gasteiger partial charge on any atom is -0.463 e. The maximum absolute atomic E-state index is 13.3. The van der Waals surface area contributed by atoms with Gasteiger partial charge in [-0.25, -0.2) is 4.79 Å². The number of ketones is 1. The van der Waals surface area contributed by atoms with E-state index in [-0.39, 0.29) is 18.3 Å². The van der Waals surface area contributed by atoms with Crippen LogP contribution in [0.25, 0.3) is 0 Å². The van der Waals surface area contributed by atoms with E-state index in [0.717, 1.165) is 23.4 Å². The van der Waals surface area contributed by atoms with Crippen molar-refractivity contribution in [3.05, 3.63) is 88.5 Å². The van der Waals surface area contributed by atoms with Crippen molar-refractivity contribution < 1.29 is 14.3 Å². The zero-order chi connectivity index (χ0) is 20.4. The Morgan fingerprint density at radius 1 is 1.14 bits per heavy atom. The lowest BCUT2D eigenvalue weighted by molar-refractivity contribution is -0.138. The lowest BCUT2D eigenvalue weighted by Crippen LogP contribution is -2.36. The molecule has 0 bridgehead atoms. The predicted octanol–water partition coefficient (Wildman–Crippen LogP) is 4.01. The Morgan fingerprint density at radius 3 is 2.59 bits per heavy atom. The summed E-state index contributed by atoms with van der Waals surface area (Å²) >= 11 is 0. The minimum absolute atomic E-state index is 0.0533. The summed E-state index contributed by atoms with van der Waals surface area (Å²) in [4.78, 5) is 30.6. The number of Topliss-reactive ketones (excluding diaryl/α,β-unsaturated/α-hetero) is 1. The molecule has 0 saturated heterocycles. The number of benzene rings is 1. The zero-order valence-corrected chi connectivity index (χ0v) is 16.6. The molecule has 4 rings (SSSR count). The van der Waals surface area contributed by atoms with E-state index < -0.39 is 11.9 Å². The number of aromatic nitrogens is 1. The molecule has 2 atom stereocenters. The maximum Gasteiger partial charge on any atom is 0.336 e. The van der Waals surface area contributed by atoms with Crippen LogP contribution in [0.1, 0.15) is 49.8 Å². The zero-order valence-electron chi connectivity index (χ0n) is 16.6. The summed E-state index contributed by atoms with van der Waals surface area (Å²) in [6.45, 7) is 3.92. The second kappa shape index (κ2) is 8.03. The van der Waals surface area contributed by atoms with E-state index in [1.807, 2.05) is 43.3 Å². The molecule has 1 aliphatic heterocycles. The van der Waals surface area contributed by atoms with E-state index in [1.54, 1.807) is 13.1 Å². The molecule has 5 heteroatoms. The van der Waals surface area contributed by atoms with E-state index >= 15 is 0 Å². The number of ether oxygens (including phenoxy) is 1. The van der Waals surface area contributed by atoms with Gasteiger partial charge in [0.2, 0.25) is 0 Å². The van der Waals surface area contributed by atoms with E-state index in [2.05, 4.69) is 22.4 Å². The van der Waals surface area contributed by atoms with Gasteiger partial charge < -0.3 is 10.1 Å². The summed E-state index contributed by atoms with van der Waals surface area (Å²) < 4.78 is 5.31. The molecule has 2 aliphatic rings. The van der Waals surface area contributed by atoms with Crippen molar-refractivity contribution in [3.63, 3.8) is 0 Å². The second-order valence-electron chi connectivity index (χ2n) is 7.40. The van der Waals surface area contributed by atoms with Crippen LogP contribution >= 0.6 is 0 Å². The molecule has 0 radical (unpaired) electrons. The van der Waals surface area contributed by atoms with Crippen LogP contribution in [0.3, 0.4) is 0 Å². The molecule has 1 N–H and O–H groups in total. The van der Waals surface area contributed by atoms with Gasteiger partial charge in [0.25, 0.3) is 0 Å². The van der Waals surface area contributed by atoms with Crippen molar-refractivity contribution in [1.82, 2.24) is 10.3 Å². The summed E-state index contributed by atoms with van der Waals surface area (Å²) in [7, 11) is 0. The SMILES string of the molecule is CCOC(=O)C1=C(C)NC2=C(C(=O)CC(c3ccccc3)C2)C1c1ccccn1. The Bertz CT molecular complexity index is 993. The summed E-state index contributed by atoms with van der Waals surface area (Å²) in [6.07, 6.45) is 2.83. The molecule has 0 fully saturated rings. The van der Waals surface area contributed by atoms with Crippen LogP contribution in [0.15, 0.2) is 77.3 Å². The van der Waals surface area contributed by atoms with Crippen LogP contribution in [-0.4, -0.2) is 23.3 Å². The first-order chi connectivity index (χ1) is 14.1. The van der Waals surface area contributed by atoms with Crippen molar-refractivity contribution in [2.75, 3.05) is 6.61 Å². The normalized spacial score (nSPS) is 21.5. The van der Waals surface area contributed by atoms with Gasteiger partial charge in [-0.2, -0.15) is 0 Å². The van der Waals surface area contributed by atoms with Crippen molar-refractivity contribution >= 4 is 11.8 Å². The fourth-order valence-corrected chi connectivity index (χ4v) is 4.32. The Kier molecular flexibility index (Phi) is 5.30.